The number of rotatable bonds is 13. The summed E-state index contributed by atoms with van der Waals surface area (Å²) >= 11 is 6.15. The molecule has 2 saturated heterocycles. The van der Waals surface area contributed by atoms with E-state index in [1.54, 1.807) is 5.54 Å². The van der Waals surface area contributed by atoms with Gasteiger partial charge in [0.2, 0.25) is 0 Å². The molecule has 0 bridgehead atoms. The Hall–Kier alpha value is -1.62. The average molecular weight is 572 g/mol. The first-order chi connectivity index (χ1) is 19.4. The second-order valence-corrected chi connectivity index (χ2v) is 12.4. The van der Waals surface area contributed by atoms with Crippen LogP contribution in [0.2, 0.25) is 0 Å². The number of piperidine rings is 1. The molecule has 0 N–H and O–H groups in total. The summed E-state index contributed by atoms with van der Waals surface area (Å²) in [7, 11) is 0. The quantitative estimate of drug-likeness (QED) is 0.175. The van der Waals surface area contributed by atoms with Gasteiger partial charge in [0.1, 0.15) is 6.29 Å². The Labute approximate surface area is 251 Å². The minimum Gasteiger partial charge on any atom is -0.369 e. The monoisotopic (exact) mass is 571 g/mol. The van der Waals surface area contributed by atoms with Gasteiger partial charge in [0.05, 0.1) is 0 Å². The first-order valence-corrected chi connectivity index (χ1v) is 16.5. The van der Waals surface area contributed by atoms with E-state index in [-0.39, 0.29) is 12.0 Å². The molecule has 0 aromatic heterocycles. The molecule has 226 valence electrons. The van der Waals surface area contributed by atoms with E-state index < -0.39 is 0 Å². The normalized spacial score (nSPS) is 22.0. The lowest BCUT2D eigenvalue weighted by atomic mass is 9.93. The maximum Gasteiger partial charge on any atom is 0.150 e. The van der Waals surface area contributed by atoms with Gasteiger partial charge < -0.3 is 9.80 Å². The Morgan fingerprint density at radius 2 is 1.77 bits per heavy atom. The summed E-state index contributed by atoms with van der Waals surface area (Å²) in [4.78, 5) is 19.4. The highest BCUT2D eigenvalue weighted by Crippen LogP contribution is 2.30. The van der Waals surface area contributed by atoms with E-state index in [0.29, 0.717) is 5.92 Å². The van der Waals surface area contributed by atoms with Crippen molar-refractivity contribution in [3.8, 4) is 0 Å². The van der Waals surface area contributed by atoms with Crippen LogP contribution < -0.4 is 4.90 Å². The van der Waals surface area contributed by atoms with Crippen molar-refractivity contribution in [2.24, 2.45) is 17.8 Å². The molecule has 4 nitrogen and oxygen atoms in total. The number of hydrogen-bond donors (Lipinski definition) is 0. The SMILES string of the molecule is C=CC1CN(c2cc(C=O)ccc2CC(C)CCC)CCN(CCCN2CCC(C)CC2)C1/C=C/Cl.CCCC. The molecule has 0 aliphatic carbocycles. The Morgan fingerprint density at radius 1 is 1.05 bits per heavy atom. The molecule has 2 aliphatic heterocycles. The van der Waals surface area contributed by atoms with E-state index in [1.807, 2.05) is 6.07 Å². The van der Waals surface area contributed by atoms with Crippen LogP contribution in [0.4, 0.5) is 5.69 Å². The predicted molar refractivity (Wildman–Crippen MR) is 176 cm³/mol. The number of halogens is 1. The smallest absolute Gasteiger partial charge is 0.150 e. The molecule has 0 radical (unpaired) electrons. The second kappa shape index (κ2) is 19.5. The number of aldehydes is 1. The number of likely N-dealkylation sites (tertiary alicyclic amines) is 1. The number of carbonyl (C=O) groups is 1. The molecule has 40 heavy (non-hydrogen) atoms. The van der Waals surface area contributed by atoms with Gasteiger partial charge in [-0.25, -0.2) is 0 Å². The highest BCUT2D eigenvalue weighted by atomic mass is 35.5. The fourth-order valence-electron chi connectivity index (χ4n) is 6.03. The third-order valence-electron chi connectivity index (χ3n) is 8.75. The van der Waals surface area contributed by atoms with Crippen molar-refractivity contribution in [3.63, 3.8) is 0 Å². The van der Waals surface area contributed by atoms with E-state index >= 15 is 0 Å². The van der Waals surface area contributed by atoms with Crippen LogP contribution in [0, 0.1) is 17.8 Å². The Morgan fingerprint density at radius 3 is 2.38 bits per heavy atom. The number of unbranched alkanes of at least 4 members (excludes halogenated alkanes) is 1. The van der Waals surface area contributed by atoms with Gasteiger partial charge in [-0.1, -0.05) is 96.2 Å². The zero-order valence-electron chi connectivity index (χ0n) is 26.3. The Balaban J connectivity index is 0.00000131. The minimum absolute atomic E-state index is 0.239. The maximum atomic E-state index is 11.7. The van der Waals surface area contributed by atoms with Gasteiger partial charge in [-0.15, -0.1) is 6.58 Å². The summed E-state index contributed by atoms with van der Waals surface area (Å²) in [5.41, 5.74) is 5.00. The Kier molecular flexibility index (Phi) is 16.9. The van der Waals surface area contributed by atoms with Crippen molar-refractivity contribution in [1.82, 2.24) is 9.80 Å². The standard InChI is InChI=1S/C31H48ClN3O.C4H10/c1-5-8-26(4)21-29-10-9-27(24-36)22-31(29)35-20-19-34(30(11-14-32)28(6-2)23-35)16-7-15-33-17-12-25(3)13-18-33;1-3-4-2/h6,9-11,14,22,24-26,28,30H,2,5,7-8,12-13,15-21,23H2,1,3-4H3;3-4H2,1-2H3/b14-11+;. The lowest BCUT2D eigenvalue weighted by Crippen LogP contribution is -2.41. The third-order valence-corrected chi connectivity index (χ3v) is 8.90. The summed E-state index contributed by atoms with van der Waals surface area (Å²) in [6.07, 6.45) is 15.1. The number of benzene rings is 1. The lowest BCUT2D eigenvalue weighted by molar-refractivity contribution is 0.112. The minimum atomic E-state index is 0.239. The van der Waals surface area contributed by atoms with Crippen molar-refractivity contribution >= 4 is 23.6 Å². The van der Waals surface area contributed by atoms with Crippen LogP contribution in [0.1, 0.15) is 95.5 Å². The predicted octanol–water partition coefficient (Wildman–Crippen LogP) is 8.45. The molecule has 5 heteroatoms. The van der Waals surface area contributed by atoms with Crippen LogP contribution in [-0.4, -0.2) is 67.9 Å². The van der Waals surface area contributed by atoms with Crippen molar-refractivity contribution in [2.45, 2.75) is 92.0 Å². The fraction of sp³-hybridized carbons (Fsp3) is 0.686. The summed E-state index contributed by atoms with van der Waals surface area (Å²) in [5.74, 6) is 1.76. The fourth-order valence-corrected chi connectivity index (χ4v) is 6.18. The van der Waals surface area contributed by atoms with Crippen LogP contribution in [0.15, 0.2) is 42.5 Å². The lowest BCUT2D eigenvalue weighted by Gasteiger charge is -2.33. The number of anilines is 1. The number of carbonyl (C=O) groups excluding carboxylic acids is 1. The highest BCUT2D eigenvalue weighted by molar-refractivity contribution is 6.25. The molecule has 0 amide bonds. The summed E-state index contributed by atoms with van der Waals surface area (Å²) in [6, 6.07) is 6.48. The maximum absolute atomic E-state index is 11.7. The summed E-state index contributed by atoms with van der Waals surface area (Å²) in [5, 5.41) is 0. The van der Waals surface area contributed by atoms with E-state index in [4.69, 9.17) is 11.6 Å². The van der Waals surface area contributed by atoms with Gasteiger partial charge in [0.25, 0.3) is 0 Å². The van der Waals surface area contributed by atoms with E-state index in [1.165, 1.54) is 75.8 Å². The van der Waals surface area contributed by atoms with Crippen molar-refractivity contribution in [3.05, 3.63) is 53.6 Å². The third kappa shape index (κ3) is 11.3. The number of hydrogen-bond acceptors (Lipinski definition) is 4. The molecule has 2 heterocycles. The molecule has 3 rings (SSSR count). The summed E-state index contributed by atoms with van der Waals surface area (Å²) < 4.78 is 0. The molecule has 2 fully saturated rings. The molecule has 3 atom stereocenters. The molecule has 3 unspecified atom stereocenters. The van der Waals surface area contributed by atoms with Crippen LogP contribution in [-0.2, 0) is 6.42 Å². The molecular weight excluding hydrogens is 514 g/mol. The van der Waals surface area contributed by atoms with Crippen LogP contribution in [0.3, 0.4) is 0 Å². The zero-order valence-corrected chi connectivity index (χ0v) is 27.0. The van der Waals surface area contributed by atoms with Crippen LogP contribution in [0.25, 0.3) is 0 Å². The van der Waals surface area contributed by atoms with Crippen molar-refractivity contribution in [2.75, 3.05) is 50.7 Å². The topological polar surface area (TPSA) is 26.8 Å². The van der Waals surface area contributed by atoms with Crippen LogP contribution >= 0.6 is 11.6 Å². The van der Waals surface area contributed by atoms with E-state index in [9.17, 15) is 4.79 Å². The first-order valence-electron chi connectivity index (χ1n) is 16.1. The van der Waals surface area contributed by atoms with Gasteiger partial charge in [0.15, 0.2) is 0 Å². The Bertz CT molecular complexity index is 877. The van der Waals surface area contributed by atoms with E-state index in [2.05, 4.69) is 80.2 Å². The number of nitrogens with zero attached hydrogens (tertiary/aromatic N) is 3. The second-order valence-electron chi connectivity index (χ2n) is 12.2. The van der Waals surface area contributed by atoms with Gasteiger partial charge in [0, 0.05) is 54.9 Å². The zero-order chi connectivity index (χ0) is 29.3. The summed E-state index contributed by atoms with van der Waals surface area (Å²) in [6.45, 7) is 23.0. The van der Waals surface area contributed by atoms with Gasteiger partial charge in [-0.2, -0.15) is 0 Å². The highest BCUT2D eigenvalue weighted by Gasteiger charge is 2.30. The molecular formula is C35H58ClN3O. The molecule has 1 aromatic rings. The largest absolute Gasteiger partial charge is 0.369 e. The van der Waals surface area contributed by atoms with Crippen molar-refractivity contribution < 1.29 is 4.79 Å². The molecule has 0 spiro atoms. The first kappa shape index (κ1) is 34.6. The molecule has 1 aromatic carbocycles. The van der Waals surface area contributed by atoms with Crippen molar-refractivity contribution in [1.29, 1.82) is 0 Å². The molecule has 2 aliphatic rings. The van der Waals surface area contributed by atoms with Crippen LogP contribution in [0.5, 0.6) is 0 Å². The van der Waals surface area contributed by atoms with Gasteiger partial charge in [-0.3, -0.25) is 9.69 Å². The molecule has 0 saturated carbocycles. The van der Waals surface area contributed by atoms with Gasteiger partial charge in [-0.05, 0) is 68.8 Å². The average Bonchev–Trinajstić information content (AvgIpc) is 3.14. The van der Waals surface area contributed by atoms with E-state index in [0.717, 1.165) is 50.4 Å². The van der Waals surface area contributed by atoms with Gasteiger partial charge >= 0.3 is 0 Å².